The van der Waals surface area contributed by atoms with Gasteiger partial charge in [-0.05, 0) is 6.42 Å². The smallest absolute Gasteiger partial charge is 0.305 e. The summed E-state index contributed by atoms with van der Waals surface area (Å²) < 4.78 is 5.09. The highest BCUT2D eigenvalue weighted by molar-refractivity contribution is 5.69. The average Bonchev–Trinajstić information content (AvgIpc) is 2.75. The molecule has 0 saturated heterocycles. The number of hydrogen-bond acceptors (Lipinski definition) is 5. The molecule has 0 aliphatic rings. The Labute approximate surface area is 179 Å². The van der Waals surface area contributed by atoms with Crippen LogP contribution >= 0.6 is 0 Å². The monoisotopic (exact) mass is 416 g/mol. The second-order valence-electron chi connectivity index (χ2n) is 8.69. The van der Waals surface area contributed by atoms with E-state index >= 15 is 0 Å². The lowest BCUT2D eigenvalue weighted by Gasteiger charge is -2.26. The number of ether oxygens (including phenoxy) is 1. The van der Waals surface area contributed by atoms with Crippen LogP contribution in [0.1, 0.15) is 116 Å². The van der Waals surface area contributed by atoms with E-state index < -0.39 is 25.2 Å². The molecule has 0 aromatic rings. The summed E-state index contributed by atoms with van der Waals surface area (Å²) in [5, 5.41) is 27.6. The molecule has 0 unspecified atom stereocenters. The third kappa shape index (κ3) is 16.8. The standard InChI is InChI=1S/C24H48O5/c1-2-3-4-5-6-7-8-9-10-11-12-13-14-15-16-17-18-23(28)29-22-24(19-25,20-26)21-27/h25-27H,2-22H2,1H3. The summed E-state index contributed by atoms with van der Waals surface area (Å²) in [6, 6.07) is 0. The van der Waals surface area contributed by atoms with Gasteiger partial charge in [0, 0.05) is 6.42 Å². The molecular formula is C24H48O5. The molecular weight excluding hydrogens is 368 g/mol. The molecule has 0 amide bonds. The zero-order valence-corrected chi connectivity index (χ0v) is 19.0. The van der Waals surface area contributed by atoms with Gasteiger partial charge in [-0.1, -0.05) is 103 Å². The lowest BCUT2D eigenvalue weighted by atomic mass is 9.93. The number of esters is 1. The van der Waals surface area contributed by atoms with E-state index in [-0.39, 0.29) is 12.6 Å². The molecule has 0 fully saturated rings. The first-order chi connectivity index (χ1) is 14.1. The third-order valence-corrected chi connectivity index (χ3v) is 5.78. The van der Waals surface area contributed by atoms with Crippen molar-refractivity contribution in [2.24, 2.45) is 5.41 Å². The number of aliphatic hydroxyl groups excluding tert-OH is 3. The van der Waals surface area contributed by atoms with Crippen LogP contribution in [0.4, 0.5) is 0 Å². The number of carbonyl (C=O) groups is 1. The summed E-state index contributed by atoms with van der Waals surface area (Å²) in [5.41, 5.74) is -1.13. The summed E-state index contributed by atoms with van der Waals surface area (Å²) in [4.78, 5) is 11.7. The van der Waals surface area contributed by atoms with E-state index in [9.17, 15) is 20.1 Å². The third-order valence-electron chi connectivity index (χ3n) is 5.78. The number of carbonyl (C=O) groups excluding carboxylic acids is 1. The largest absolute Gasteiger partial charge is 0.465 e. The summed E-state index contributed by atoms with van der Waals surface area (Å²) in [6.45, 7) is 0.889. The fourth-order valence-corrected chi connectivity index (χ4v) is 3.41. The molecule has 0 aliphatic heterocycles. The molecule has 174 valence electrons. The minimum atomic E-state index is -1.13. The lowest BCUT2D eigenvalue weighted by molar-refractivity contribution is -0.151. The molecule has 0 atom stereocenters. The molecule has 0 aliphatic carbocycles. The maximum absolute atomic E-state index is 11.7. The maximum atomic E-state index is 11.7. The molecule has 0 rings (SSSR count). The van der Waals surface area contributed by atoms with Gasteiger partial charge in [-0.25, -0.2) is 0 Å². The van der Waals surface area contributed by atoms with Crippen molar-refractivity contribution in [1.29, 1.82) is 0 Å². The van der Waals surface area contributed by atoms with Crippen molar-refractivity contribution in [1.82, 2.24) is 0 Å². The summed E-state index contributed by atoms with van der Waals surface area (Å²) in [6.07, 6.45) is 21.1. The van der Waals surface area contributed by atoms with E-state index in [0.29, 0.717) is 6.42 Å². The Morgan fingerprint density at radius 1 is 0.621 bits per heavy atom. The van der Waals surface area contributed by atoms with Crippen molar-refractivity contribution < 1.29 is 24.9 Å². The van der Waals surface area contributed by atoms with Crippen LogP contribution in [0.25, 0.3) is 0 Å². The van der Waals surface area contributed by atoms with Crippen LogP contribution in [0, 0.1) is 5.41 Å². The summed E-state index contributed by atoms with van der Waals surface area (Å²) in [5.74, 6) is -0.324. The van der Waals surface area contributed by atoms with Crippen LogP contribution in [0.15, 0.2) is 0 Å². The topological polar surface area (TPSA) is 87.0 Å². The van der Waals surface area contributed by atoms with Gasteiger partial charge < -0.3 is 20.1 Å². The Hall–Kier alpha value is -0.650. The molecule has 5 heteroatoms. The van der Waals surface area contributed by atoms with Crippen molar-refractivity contribution in [2.75, 3.05) is 26.4 Å². The van der Waals surface area contributed by atoms with Crippen LogP contribution in [0.3, 0.4) is 0 Å². The van der Waals surface area contributed by atoms with Crippen molar-refractivity contribution in [3.05, 3.63) is 0 Å². The number of rotatable bonds is 22. The SMILES string of the molecule is CCCCCCCCCCCCCCCCCCC(=O)OCC(CO)(CO)CO. The van der Waals surface area contributed by atoms with E-state index in [0.717, 1.165) is 19.3 Å². The quantitative estimate of drug-likeness (QED) is 0.168. The Morgan fingerprint density at radius 2 is 0.966 bits per heavy atom. The second-order valence-corrected chi connectivity index (χ2v) is 8.69. The van der Waals surface area contributed by atoms with Crippen molar-refractivity contribution >= 4 is 5.97 Å². The summed E-state index contributed by atoms with van der Waals surface area (Å²) >= 11 is 0. The Morgan fingerprint density at radius 3 is 1.31 bits per heavy atom. The van der Waals surface area contributed by atoms with Crippen molar-refractivity contribution in [3.8, 4) is 0 Å². The van der Waals surface area contributed by atoms with Gasteiger partial charge in [0.15, 0.2) is 0 Å². The molecule has 5 nitrogen and oxygen atoms in total. The molecule has 0 spiro atoms. The van der Waals surface area contributed by atoms with Crippen LogP contribution in [-0.4, -0.2) is 47.7 Å². The van der Waals surface area contributed by atoms with Crippen LogP contribution in [-0.2, 0) is 9.53 Å². The molecule has 0 heterocycles. The predicted octanol–water partition coefficient (Wildman–Crippen LogP) is 5.14. The van der Waals surface area contributed by atoms with Gasteiger partial charge in [0.2, 0.25) is 0 Å². The van der Waals surface area contributed by atoms with Gasteiger partial charge in [0.25, 0.3) is 0 Å². The average molecular weight is 417 g/mol. The van der Waals surface area contributed by atoms with E-state index in [1.165, 1.54) is 83.5 Å². The van der Waals surface area contributed by atoms with Crippen molar-refractivity contribution in [3.63, 3.8) is 0 Å². The van der Waals surface area contributed by atoms with E-state index in [1.807, 2.05) is 0 Å². The second kappa shape index (κ2) is 20.6. The molecule has 0 bridgehead atoms. The first-order valence-electron chi connectivity index (χ1n) is 12.1. The van der Waals surface area contributed by atoms with E-state index in [2.05, 4.69) is 6.92 Å². The molecule has 0 aromatic heterocycles. The zero-order chi connectivity index (χ0) is 21.6. The first-order valence-corrected chi connectivity index (χ1v) is 12.1. The zero-order valence-electron chi connectivity index (χ0n) is 19.0. The first kappa shape index (κ1) is 28.4. The minimum Gasteiger partial charge on any atom is -0.465 e. The summed E-state index contributed by atoms with van der Waals surface area (Å²) in [7, 11) is 0. The van der Waals surface area contributed by atoms with Crippen LogP contribution in [0.5, 0.6) is 0 Å². The van der Waals surface area contributed by atoms with Gasteiger partial charge in [0.1, 0.15) is 6.61 Å². The highest BCUT2D eigenvalue weighted by Crippen LogP contribution is 2.17. The van der Waals surface area contributed by atoms with Gasteiger partial charge in [-0.15, -0.1) is 0 Å². The highest BCUT2D eigenvalue weighted by atomic mass is 16.5. The molecule has 0 radical (unpaired) electrons. The van der Waals surface area contributed by atoms with Gasteiger partial charge in [-0.2, -0.15) is 0 Å². The van der Waals surface area contributed by atoms with Gasteiger partial charge in [-0.3, -0.25) is 4.79 Å². The minimum absolute atomic E-state index is 0.145. The highest BCUT2D eigenvalue weighted by Gasteiger charge is 2.29. The fourth-order valence-electron chi connectivity index (χ4n) is 3.41. The molecule has 29 heavy (non-hydrogen) atoms. The van der Waals surface area contributed by atoms with E-state index in [4.69, 9.17) is 4.74 Å². The van der Waals surface area contributed by atoms with Crippen LogP contribution in [0.2, 0.25) is 0 Å². The maximum Gasteiger partial charge on any atom is 0.305 e. The number of aliphatic hydroxyl groups is 3. The lowest BCUT2D eigenvalue weighted by Crippen LogP contribution is -2.39. The fraction of sp³-hybridized carbons (Fsp3) is 0.958. The Kier molecular flexibility index (Phi) is 20.2. The van der Waals surface area contributed by atoms with Gasteiger partial charge in [0.05, 0.1) is 25.2 Å². The predicted molar refractivity (Wildman–Crippen MR) is 119 cm³/mol. The Bertz CT molecular complexity index is 347. The number of hydrogen-bond donors (Lipinski definition) is 3. The normalized spacial score (nSPS) is 11.7. The number of unbranched alkanes of at least 4 members (excludes halogenated alkanes) is 15. The molecule has 0 aromatic carbocycles. The molecule has 0 saturated carbocycles. The Balaban J connectivity index is 3.34. The molecule has 3 N–H and O–H groups in total. The van der Waals surface area contributed by atoms with Gasteiger partial charge >= 0.3 is 5.97 Å². The van der Waals surface area contributed by atoms with E-state index in [1.54, 1.807) is 0 Å². The van der Waals surface area contributed by atoms with Crippen molar-refractivity contribution in [2.45, 2.75) is 116 Å². The van der Waals surface area contributed by atoms with Crippen LogP contribution < -0.4 is 0 Å².